The molecule has 3 N–H and O–H groups in total. The van der Waals surface area contributed by atoms with Gasteiger partial charge in [0.15, 0.2) is 0 Å². The normalized spacial score (nSPS) is 9.28. The lowest BCUT2D eigenvalue weighted by molar-refractivity contribution is 0.0291. The molecule has 0 atom stereocenters. The Morgan fingerprint density at radius 2 is 1.15 bits per heavy atom. The maximum atomic E-state index is 10.6. The zero-order valence-corrected chi connectivity index (χ0v) is 23.6. The van der Waals surface area contributed by atoms with Crippen molar-refractivity contribution in [2.45, 2.75) is 0 Å². The monoisotopic (exact) mass is 601 g/mol. The van der Waals surface area contributed by atoms with Gasteiger partial charge in [-0.15, -0.1) is 5.23 Å². The molecule has 0 unspecified atom stereocenters. The molecule has 0 radical (unpaired) electrons. The third kappa shape index (κ3) is 11.1. The second-order valence-electron chi connectivity index (χ2n) is 7.29. The first-order valence-corrected chi connectivity index (χ1v) is 12.3. The van der Waals surface area contributed by atoms with E-state index in [9.17, 15) is 9.59 Å². The van der Waals surface area contributed by atoms with Crippen LogP contribution < -0.4 is 5.23 Å². The summed E-state index contributed by atoms with van der Waals surface area (Å²) in [7, 11) is 1.00. The molecular weight excluding hydrogens is 577 g/mol. The molecule has 0 saturated carbocycles. The second-order valence-corrected chi connectivity index (χ2v) is 8.46. The fraction of sp³-hybridized carbons (Fsp3) is 0.0345. The number of halogens is 3. The first-order valence-electron chi connectivity index (χ1n) is 11.2. The highest BCUT2D eigenvalue weighted by atomic mass is 35.5. The number of carbonyl (C=O) groups is 2. The van der Waals surface area contributed by atoms with Gasteiger partial charge in [0.25, 0.3) is 0 Å². The van der Waals surface area contributed by atoms with Gasteiger partial charge < -0.3 is 5.11 Å². The molecule has 0 aliphatic carbocycles. The maximum Gasteiger partial charge on any atom is 0.150 e. The van der Waals surface area contributed by atoms with Crippen LogP contribution in [0.25, 0.3) is 23.4 Å². The van der Waals surface area contributed by atoms with E-state index >= 15 is 0 Å². The molecule has 0 fully saturated rings. The largest absolute Gasteiger partial charge is 0.400 e. The first-order chi connectivity index (χ1) is 19.2. The van der Waals surface area contributed by atoms with Crippen molar-refractivity contribution in [3.8, 4) is 11.3 Å². The summed E-state index contributed by atoms with van der Waals surface area (Å²) < 4.78 is 0. The van der Waals surface area contributed by atoms with E-state index in [4.69, 9.17) is 50.3 Å². The van der Waals surface area contributed by atoms with Gasteiger partial charge in [0.05, 0.1) is 21.4 Å². The molecule has 0 aliphatic rings. The quantitative estimate of drug-likeness (QED) is 0.117. The summed E-state index contributed by atoms with van der Waals surface area (Å²) in [6.07, 6.45) is 8.17. The molecule has 11 heteroatoms. The molecule has 0 amide bonds. The van der Waals surface area contributed by atoms with Crippen LogP contribution in [-0.4, -0.2) is 45.2 Å². The maximum absolute atomic E-state index is 10.6. The number of anilines is 1. The molecule has 8 nitrogen and oxygen atoms in total. The number of aromatic nitrogens is 2. The Balaban J connectivity index is 0.000000304. The third-order valence-electron chi connectivity index (χ3n) is 4.73. The lowest BCUT2D eigenvalue weighted by Crippen LogP contribution is -2.10. The van der Waals surface area contributed by atoms with Crippen LogP contribution in [0.3, 0.4) is 0 Å². The number of benzene rings is 2. The van der Waals surface area contributed by atoms with E-state index in [1.165, 1.54) is 24.3 Å². The fourth-order valence-corrected chi connectivity index (χ4v) is 3.29. The number of rotatable bonds is 6. The van der Waals surface area contributed by atoms with Crippen LogP contribution in [0.4, 0.5) is 5.69 Å². The van der Waals surface area contributed by atoms with E-state index < -0.39 is 0 Å². The van der Waals surface area contributed by atoms with Gasteiger partial charge in [-0.1, -0.05) is 84.4 Å². The summed E-state index contributed by atoms with van der Waals surface area (Å²) in [4.78, 5) is 28.8. The highest BCUT2D eigenvalue weighted by Crippen LogP contribution is 2.26. The molecular formula is C29H26Cl3N3O5. The summed E-state index contributed by atoms with van der Waals surface area (Å²) in [6.45, 7) is 7.22. The molecule has 0 spiro atoms. The van der Waals surface area contributed by atoms with Crippen molar-refractivity contribution in [3.63, 3.8) is 0 Å². The number of hydrogen-bond acceptors (Lipinski definition) is 8. The lowest BCUT2D eigenvalue weighted by Gasteiger charge is -2.06. The lowest BCUT2D eigenvalue weighted by atomic mass is 10.1. The fourth-order valence-electron chi connectivity index (χ4n) is 2.73. The molecule has 4 aromatic rings. The number of carbonyl (C=O) groups excluding carboxylic acids is 2. The SMILES string of the molecule is C=Cc1cnc(-c2ccc(C=O)cc2)c(Cl)c1.C=Cc1cnc(Cl)c(Cl)c1.CO.O=Cc1ccc(N(O)O)cc1. The second kappa shape index (κ2) is 18.4. The minimum atomic E-state index is -0.00537. The molecule has 208 valence electrons. The van der Waals surface area contributed by atoms with Gasteiger partial charge >= 0.3 is 0 Å². The zero-order chi connectivity index (χ0) is 30.1. The van der Waals surface area contributed by atoms with Crippen LogP contribution in [-0.2, 0) is 0 Å². The van der Waals surface area contributed by atoms with Crippen molar-refractivity contribution in [2.75, 3.05) is 12.3 Å². The van der Waals surface area contributed by atoms with E-state index in [1.54, 1.807) is 42.7 Å². The molecule has 2 aromatic carbocycles. The predicted molar refractivity (Wildman–Crippen MR) is 161 cm³/mol. The predicted octanol–water partition coefficient (Wildman–Crippen LogP) is 7.58. The smallest absolute Gasteiger partial charge is 0.150 e. The number of aliphatic hydroxyl groups is 1. The molecule has 0 saturated heterocycles. The minimum absolute atomic E-state index is 0.00537. The molecule has 4 rings (SSSR count). The highest BCUT2D eigenvalue weighted by molar-refractivity contribution is 6.41. The number of aldehydes is 2. The Hall–Kier alpha value is -3.89. The van der Waals surface area contributed by atoms with Crippen LogP contribution in [0.2, 0.25) is 15.2 Å². The Kier molecular flexibility index (Phi) is 15.7. The zero-order valence-electron chi connectivity index (χ0n) is 21.3. The van der Waals surface area contributed by atoms with Crippen LogP contribution in [0.5, 0.6) is 0 Å². The van der Waals surface area contributed by atoms with Crippen molar-refractivity contribution < 1.29 is 25.1 Å². The van der Waals surface area contributed by atoms with Crippen LogP contribution >= 0.6 is 34.8 Å². The van der Waals surface area contributed by atoms with Crippen molar-refractivity contribution in [1.82, 2.24) is 9.97 Å². The summed E-state index contributed by atoms with van der Waals surface area (Å²) in [5, 5.41) is 25.3. The van der Waals surface area contributed by atoms with Crippen molar-refractivity contribution in [1.29, 1.82) is 0 Å². The first kappa shape index (κ1) is 34.1. The summed E-state index contributed by atoms with van der Waals surface area (Å²) in [5.41, 5.74) is 4.68. The number of pyridine rings is 2. The Morgan fingerprint density at radius 3 is 1.55 bits per heavy atom. The molecule has 2 heterocycles. The average molecular weight is 603 g/mol. The molecule has 40 heavy (non-hydrogen) atoms. The van der Waals surface area contributed by atoms with Crippen LogP contribution in [0.15, 0.2) is 86.2 Å². The topological polar surface area (TPSA) is 124 Å². The van der Waals surface area contributed by atoms with Crippen molar-refractivity contribution in [3.05, 3.63) is 124 Å². The summed E-state index contributed by atoms with van der Waals surface area (Å²) in [6, 6.07) is 16.5. The van der Waals surface area contributed by atoms with Gasteiger partial charge in [-0.3, -0.25) is 25.0 Å². The van der Waals surface area contributed by atoms with Gasteiger partial charge in [0.2, 0.25) is 0 Å². The van der Waals surface area contributed by atoms with Gasteiger partial charge in [0, 0.05) is 36.2 Å². The van der Waals surface area contributed by atoms with E-state index in [0.29, 0.717) is 38.3 Å². The Bertz CT molecular complexity index is 1400. The molecule has 2 aromatic heterocycles. The van der Waals surface area contributed by atoms with E-state index in [-0.39, 0.29) is 10.9 Å². The van der Waals surface area contributed by atoms with Gasteiger partial charge in [-0.05, 0) is 47.5 Å². The van der Waals surface area contributed by atoms with Crippen molar-refractivity contribution >= 4 is 65.2 Å². The van der Waals surface area contributed by atoms with Crippen LogP contribution in [0, 0.1) is 0 Å². The van der Waals surface area contributed by atoms with Crippen LogP contribution in [0.1, 0.15) is 31.8 Å². The van der Waals surface area contributed by atoms with E-state index in [2.05, 4.69) is 23.1 Å². The van der Waals surface area contributed by atoms with Gasteiger partial charge in [0.1, 0.15) is 17.7 Å². The number of nitrogens with zero attached hydrogens (tertiary/aromatic N) is 3. The van der Waals surface area contributed by atoms with E-state index in [0.717, 1.165) is 30.1 Å². The summed E-state index contributed by atoms with van der Waals surface area (Å²) in [5.74, 6) is 0. The van der Waals surface area contributed by atoms with Gasteiger partial charge in [-0.25, -0.2) is 4.98 Å². The van der Waals surface area contributed by atoms with E-state index in [1.807, 2.05) is 18.2 Å². The average Bonchev–Trinajstić information content (AvgIpc) is 3.00. The minimum Gasteiger partial charge on any atom is -0.400 e. The molecule has 0 aliphatic heterocycles. The summed E-state index contributed by atoms with van der Waals surface area (Å²) >= 11 is 17.3. The highest BCUT2D eigenvalue weighted by Gasteiger charge is 2.05. The Labute approximate surface area is 247 Å². The Morgan fingerprint density at radius 1 is 0.700 bits per heavy atom. The molecule has 0 bridgehead atoms. The number of aliphatic hydroxyl groups excluding tert-OH is 1. The van der Waals surface area contributed by atoms with Crippen molar-refractivity contribution in [2.24, 2.45) is 0 Å². The standard InChI is InChI=1S/C14H10ClNO.C7H5Cl2N.C7H7NO3.CH4O/c1-2-10-7-13(15)14(16-8-10)12-5-3-11(9-17)4-6-12;1-2-5-3-6(8)7(9)10-4-5;9-5-6-1-3-7(4-2-6)8(10)11;1-2/h2-9H,1H2;2-4H,1H2;1-5,10-11H;2H,1H3. The van der Waals surface area contributed by atoms with Gasteiger partial charge in [-0.2, -0.15) is 0 Å². The third-order valence-corrected chi connectivity index (χ3v) is 5.71. The number of hydrogen-bond donors (Lipinski definition) is 3.